The van der Waals surface area contributed by atoms with E-state index in [9.17, 15) is 0 Å². The lowest BCUT2D eigenvalue weighted by Crippen LogP contribution is -2.52. The molecule has 3 unspecified atom stereocenters. The number of nitrogens with zero attached hydrogens (tertiary/aromatic N) is 2. The average Bonchev–Trinajstić information content (AvgIpc) is 3.33. The number of benzene rings is 1. The van der Waals surface area contributed by atoms with Crippen molar-refractivity contribution in [3.05, 3.63) is 58.3 Å². The second-order valence-corrected chi connectivity index (χ2v) is 9.05. The minimum Gasteiger partial charge on any atom is -0.356 e. The maximum Gasteiger partial charge on any atom is 0.191 e. The molecule has 2 saturated heterocycles. The molecule has 0 spiro atoms. The summed E-state index contributed by atoms with van der Waals surface area (Å²) in [4.78, 5) is 7.21. The second kappa shape index (κ2) is 10.8. The first-order chi connectivity index (χ1) is 13.7. The van der Waals surface area contributed by atoms with Gasteiger partial charge in [-0.05, 0) is 59.6 Å². The molecule has 2 aromatic rings. The van der Waals surface area contributed by atoms with E-state index in [1.165, 1.54) is 36.8 Å². The van der Waals surface area contributed by atoms with Crippen LogP contribution in [0.15, 0.2) is 52.2 Å². The SMILES string of the molecule is CN=C(NCC(C)c1ccsc1)NC1CC2CCC(C1)N2Cc1ccccc1.I. The van der Waals surface area contributed by atoms with Gasteiger partial charge in [-0.3, -0.25) is 9.89 Å². The standard InChI is InChI=1S/C23H32N4S.HI/c1-17(19-10-11-28-16-19)14-25-23(24-2)26-20-12-21-8-9-22(13-20)27(21)15-18-6-4-3-5-7-18;/h3-7,10-11,16-17,20-22H,8-9,12-15H2,1-2H3,(H2,24,25,26);1H. The first kappa shape index (κ1) is 22.6. The molecule has 0 radical (unpaired) electrons. The molecule has 2 fully saturated rings. The normalized spacial score (nSPS) is 25.3. The number of aliphatic imine (C=N–C) groups is 1. The maximum absolute atomic E-state index is 4.48. The number of rotatable bonds is 6. The molecular formula is C23H33IN4S. The Morgan fingerprint density at radius 1 is 1.17 bits per heavy atom. The van der Waals surface area contributed by atoms with Gasteiger partial charge in [-0.1, -0.05) is 37.3 Å². The molecule has 2 N–H and O–H groups in total. The minimum absolute atomic E-state index is 0. The maximum atomic E-state index is 4.48. The van der Waals surface area contributed by atoms with E-state index >= 15 is 0 Å². The molecule has 2 bridgehead atoms. The fraction of sp³-hybridized carbons (Fsp3) is 0.522. The summed E-state index contributed by atoms with van der Waals surface area (Å²) in [6, 6.07) is 15.0. The summed E-state index contributed by atoms with van der Waals surface area (Å²) in [5.74, 6) is 1.44. The van der Waals surface area contributed by atoms with Crippen LogP contribution in [0.25, 0.3) is 0 Å². The van der Waals surface area contributed by atoms with Crippen molar-refractivity contribution in [3.8, 4) is 0 Å². The minimum atomic E-state index is 0. The van der Waals surface area contributed by atoms with E-state index in [-0.39, 0.29) is 24.0 Å². The van der Waals surface area contributed by atoms with Gasteiger partial charge < -0.3 is 10.6 Å². The lowest BCUT2D eigenvalue weighted by Gasteiger charge is -2.39. The molecule has 2 aliphatic rings. The quantitative estimate of drug-likeness (QED) is 0.323. The van der Waals surface area contributed by atoms with E-state index in [4.69, 9.17) is 0 Å². The summed E-state index contributed by atoms with van der Waals surface area (Å²) >= 11 is 1.77. The van der Waals surface area contributed by atoms with Crippen molar-refractivity contribution in [2.75, 3.05) is 13.6 Å². The molecule has 4 rings (SSSR count). The van der Waals surface area contributed by atoms with E-state index in [2.05, 4.69) is 74.6 Å². The molecule has 1 aromatic carbocycles. The molecule has 3 atom stereocenters. The fourth-order valence-corrected chi connectivity index (χ4v) is 5.54. The summed E-state index contributed by atoms with van der Waals surface area (Å²) in [7, 11) is 1.88. The predicted molar refractivity (Wildman–Crippen MR) is 134 cm³/mol. The average molecular weight is 525 g/mol. The van der Waals surface area contributed by atoms with Crippen LogP contribution in [-0.2, 0) is 6.54 Å². The highest BCUT2D eigenvalue weighted by Crippen LogP contribution is 2.36. The van der Waals surface area contributed by atoms with Gasteiger partial charge in [0.1, 0.15) is 0 Å². The highest BCUT2D eigenvalue weighted by Gasteiger charge is 2.40. The largest absolute Gasteiger partial charge is 0.356 e. The van der Waals surface area contributed by atoms with Gasteiger partial charge in [0, 0.05) is 38.3 Å². The molecule has 1 aromatic heterocycles. The first-order valence-electron chi connectivity index (χ1n) is 10.5. The summed E-state index contributed by atoms with van der Waals surface area (Å²) in [5.41, 5.74) is 2.84. The van der Waals surface area contributed by atoms with Crippen molar-refractivity contribution in [1.29, 1.82) is 0 Å². The molecule has 0 aliphatic carbocycles. The topological polar surface area (TPSA) is 39.7 Å². The van der Waals surface area contributed by atoms with Crippen molar-refractivity contribution < 1.29 is 0 Å². The van der Waals surface area contributed by atoms with Crippen LogP contribution in [0.5, 0.6) is 0 Å². The number of hydrogen-bond acceptors (Lipinski definition) is 3. The number of halogens is 1. The zero-order valence-electron chi connectivity index (χ0n) is 17.4. The van der Waals surface area contributed by atoms with E-state index in [1.807, 2.05) is 7.05 Å². The van der Waals surface area contributed by atoms with Gasteiger partial charge in [0.2, 0.25) is 0 Å². The van der Waals surface area contributed by atoms with Crippen LogP contribution in [0, 0.1) is 0 Å². The molecular weight excluding hydrogens is 491 g/mol. The molecule has 3 heterocycles. The summed E-state index contributed by atoms with van der Waals surface area (Å²) in [6.45, 7) is 4.27. The van der Waals surface area contributed by atoms with Gasteiger partial charge in [-0.2, -0.15) is 11.3 Å². The van der Waals surface area contributed by atoms with Gasteiger partial charge in [-0.25, -0.2) is 0 Å². The molecule has 158 valence electrons. The number of hydrogen-bond donors (Lipinski definition) is 2. The number of fused-ring (bicyclic) bond motifs is 2. The second-order valence-electron chi connectivity index (χ2n) is 8.27. The Morgan fingerprint density at radius 3 is 2.52 bits per heavy atom. The van der Waals surface area contributed by atoms with Gasteiger partial charge >= 0.3 is 0 Å². The fourth-order valence-electron chi connectivity index (χ4n) is 4.76. The third kappa shape index (κ3) is 5.73. The first-order valence-corrected chi connectivity index (χ1v) is 11.5. The Balaban J connectivity index is 0.00000240. The molecule has 4 nitrogen and oxygen atoms in total. The third-order valence-corrected chi connectivity index (χ3v) is 7.05. The van der Waals surface area contributed by atoms with Crippen molar-refractivity contribution in [3.63, 3.8) is 0 Å². The van der Waals surface area contributed by atoms with E-state index < -0.39 is 0 Å². The van der Waals surface area contributed by atoms with Crippen LogP contribution in [0.3, 0.4) is 0 Å². The lowest BCUT2D eigenvalue weighted by molar-refractivity contribution is 0.114. The highest BCUT2D eigenvalue weighted by molar-refractivity contribution is 14.0. The number of piperidine rings is 1. The molecule has 6 heteroatoms. The van der Waals surface area contributed by atoms with Gasteiger partial charge in [0.05, 0.1) is 0 Å². The van der Waals surface area contributed by atoms with Crippen molar-refractivity contribution >= 4 is 41.3 Å². The molecule has 2 aliphatic heterocycles. The predicted octanol–water partition coefficient (Wildman–Crippen LogP) is 4.83. The summed E-state index contributed by atoms with van der Waals surface area (Å²) < 4.78 is 0. The molecule has 29 heavy (non-hydrogen) atoms. The zero-order chi connectivity index (χ0) is 19.3. The zero-order valence-corrected chi connectivity index (χ0v) is 20.5. The third-order valence-electron chi connectivity index (χ3n) is 6.34. The van der Waals surface area contributed by atoms with Crippen molar-refractivity contribution in [2.24, 2.45) is 4.99 Å². The summed E-state index contributed by atoms with van der Waals surface area (Å²) in [5, 5.41) is 11.6. The van der Waals surface area contributed by atoms with Crippen LogP contribution in [-0.4, -0.2) is 42.6 Å². The van der Waals surface area contributed by atoms with Crippen LogP contribution in [0.4, 0.5) is 0 Å². The molecule has 0 saturated carbocycles. The van der Waals surface area contributed by atoms with Crippen LogP contribution in [0.2, 0.25) is 0 Å². The Bertz CT molecular complexity index is 750. The number of guanidine groups is 1. The lowest BCUT2D eigenvalue weighted by atomic mass is 9.96. The van der Waals surface area contributed by atoms with Gasteiger partial charge in [0.15, 0.2) is 5.96 Å². The van der Waals surface area contributed by atoms with Crippen LogP contribution in [0.1, 0.15) is 49.7 Å². The van der Waals surface area contributed by atoms with Crippen molar-refractivity contribution in [2.45, 2.75) is 63.2 Å². The van der Waals surface area contributed by atoms with E-state index in [0.717, 1.165) is 19.0 Å². The Kier molecular flexibility index (Phi) is 8.38. The number of nitrogens with one attached hydrogen (secondary N) is 2. The molecule has 0 amide bonds. The van der Waals surface area contributed by atoms with Crippen LogP contribution >= 0.6 is 35.3 Å². The summed E-state index contributed by atoms with van der Waals surface area (Å²) in [6.07, 6.45) is 5.09. The van der Waals surface area contributed by atoms with Crippen molar-refractivity contribution in [1.82, 2.24) is 15.5 Å². The monoisotopic (exact) mass is 524 g/mol. The van der Waals surface area contributed by atoms with E-state index in [0.29, 0.717) is 24.0 Å². The Labute approximate surface area is 196 Å². The Hall–Kier alpha value is -1.12. The van der Waals surface area contributed by atoms with Gasteiger partial charge in [-0.15, -0.1) is 24.0 Å². The number of thiophene rings is 1. The highest BCUT2D eigenvalue weighted by atomic mass is 127. The van der Waals surface area contributed by atoms with E-state index in [1.54, 1.807) is 11.3 Å². The van der Waals surface area contributed by atoms with Crippen LogP contribution < -0.4 is 10.6 Å². The smallest absolute Gasteiger partial charge is 0.191 e. The Morgan fingerprint density at radius 2 is 1.90 bits per heavy atom. The van der Waals surface area contributed by atoms with Gasteiger partial charge in [0.25, 0.3) is 0 Å².